The molecule has 68 heavy (non-hydrogen) atoms. The lowest BCUT2D eigenvalue weighted by Crippen LogP contribution is -2.32. The Morgan fingerprint density at radius 2 is 0.721 bits per heavy atom. The van der Waals surface area contributed by atoms with Crippen molar-refractivity contribution in [1.29, 1.82) is 0 Å². The summed E-state index contributed by atoms with van der Waals surface area (Å²) in [6.45, 7) is 0. The number of hydrogen-bond acceptors (Lipinski definition) is 6. The summed E-state index contributed by atoms with van der Waals surface area (Å²) in [5.41, 5.74) is 18.0. The predicted molar refractivity (Wildman–Crippen MR) is 271 cm³/mol. The van der Waals surface area contributed by atoms with Crippen molar-refractivity contribution in [2.75, 3.05) is 0 Å². The minimum atomic E-state index is -0.689. The van der Waals surface area contributed by atoms with E-state index in [-0.39, 0.29) is 0 Å². The van der Waals surface area contributed by atoms with Gasteiger partial charge in [0.2, 0.25) is 0 Å². The van der Waals surface area contributed by atoms with Crippen LogP contribution in [0.25, 0.3) is 90.1 Å². The van der Waals surface area contributed by atoms with Crippen molar-refractivity contribution in [1.82, 2.24) is 24.9 Å². The summed E-state index contributed by atoms with van der Waals surface area (Å²) in [7, 11) is 0. The van der Waals surface area contributed by atoms with Gasteiger partial charge in [-0.3, -0.25) is 9.97 Å². The molecule has 2 aliphatic rings. The van der Waals surface area contributed by atoms with Crippen LogP contribution in [0.3, 0.4) is 0 Å². The van der Waals surface area contributed by atoms with E-state index in [2.05, 4.69) is 152 Å². The van der Waals surface area contributed by atoms with Gasteiger partial charge < -0.3 is 4.74 Å². The van der Waals surface area contributed by atoms with Crippen molar-refractivity contribution in [2.45, 2.75) is 5.41 Å². The van der Waals surface area contributed by atoms with Gasteiger partial charge in [-0.15, -0.1) is 0 Å². The second-order valence-electron chi connectivity index (χ2n) is 17.1. The summed E-state index contributed by atoms with van der Waals surface area (Å²) in [6, 6.07) is 78.2. The highest BCUT2D eigenvalue weighted by atomic mass is 16.5. The molecule has 0 unspecified atom stereocenters. The molecule has 1 aliphatic carbocycles. The van der Waals surface area contributed by atoms with Gasteiger partial charge in [-0.1, -0.05) is 182 Å². The van der Waals surface area contributed by atoms with Crippen molar-refractivity contribution in [3.05, 3.63) is 259 Å². The average molecular weight is 870 g/mol. The molecule has 1 aliphatic heterocycles. The third-order valence-corrected chi connectivity index (χ3v) is 13.3. The number of para-hydroxylation sites is 2. The average Bonchev–Trinajstić information content (AvgIpc) is 3.72. The van der Waals surface area contributed by atoms with Crippen LogP contribution in [0.5, 0.6) is 11.5 Å². The Balaban J connectivity index is 1.01. The second kappa shape index (κ2) is 16.1. The normalized spacial score (nSPS) is 12.6. The Kier molecular flexibility index (Phi) is 9.29. The Morgan fingerprint density at radius 3 is 1.26 bits per heavy atom. The summed E-state index contributed by atoms with van der Waals surface area (Å²) >= 11 is 0. The monoisotopic (exact) mass is 869 g/mol. The van der Waals surface area contributed by atoms with Gasteiger partial charge in [0.1, 0.15) is 11.5 Å². The highest BCUT2D eigenvalue weighted by molar-refractivity contribution is 5.93. The van der Waals surface area contributed by atoms with E-state index in [1.165, 1.54) is 22.3 Å². The third kappa shape index (κ3) is 6.38. The molecule has 0 bridgehead atoms. The fourth-order valence-electron chi connectivity index (χ4n) is 10.3. The molecule has 0 N–H and O–H groups in total. The Hall–Kier alpha value is -9.13. The lowest BCUT2D eigenvalue weighted by atomic mass is 9.65. The van der Waals surface area contributed by atoms with Gasteiger partial charge in [0, 0.05) is 51.3 Å². The predicted octanol–water partition coefficient (Wildman–Crippen LogP) is 14.8. The molecule has 6 heteroatoms. The number of ether oxygens (including phenoxy) is 1. The number of aromatic nitrogens is 5. The van der Waals surface area contributed by atoms with Crippen LogP contribution in [0.2, 0.25) is 0 Å². The molecule has 0 radical (unpaired) electrons. The van der Waals surface area contributed by atoms with E-state index >= 15 is 0 Å². The number of pyridine rings is 3. The molecule has 0 saturated carbocycles. The molecule has 318 valence electrons. The van der Waals surface area contributed by atoms with Gasteiger partial charge in [-0.25, -0.2) is 15.0 Å². The molecular formula is C62H39N5O. The Labute approximate surface area is 394 Å². The highest BCUT2D eigenvalue weighted by Gasteiger charge is 2.52. The number of hydrogen-bond donors (Lipinski definition) is 0. The number of nitrogens with zero attached hydrogens (tertiary/aromatic N) is 5. The zero-order valence-corrected chi connectivity index (χ0v) is 36.7. The zero-order chi connectivity index (χ0) is 45.0. The van der Waals surface area contributed by atoms with Crippen molar-refractivity contribution in [2.24, 2.45) is 0 Å². The van der Waals surface area contributed by atoms with Crippen molar-refractivity contribution in [3.63, 3.8) is 0 Å². The topological polar surface area (TPSA) is 73.7 Å². The number of benzene rings is 7. The molecular weight excluding hydrogens is 831 g/mol. The fourth-order valence-corrected chi connectivity index (χ4v) is 10.3. The summed E-state index contributed by atoms with van der Waals surface area (Å²) in [4.78, 5) is 24.7. The largest absolute Gasteiger partial charge is 0.455 e. The molecule has 6 nitrogen and oxygen atoms in total. The van der Waals surface area contributed by atoms with Gasteiger partial charge in [0.05, 0.1) is 39.6 Å². The molecule has 7 aromatic carbocycles. The van der Waals surface area contributed by atoms with Crippen molar-refractivity contribution >= 4 is 0 Å². The molecule has 13 rings (SSSR count). The van der Waals surface area contributed by atoms with E-state index in [1.807, 2.05) is 72.8 Å². The van der Waals surface area contributed by atoms with E-state index in [1.54, 1.807) is 12.4 Å². The first-order chi connectivity index (χ1) is 33.7. The van der Waals surface area contributed by atoms with Gasteiger partial charge in [-0.05, 0) is 75.8 Å². The second-order valence-corrected chi connectivity index (χ2v) is 17.1. The molecule has 0 saturated heterocycles. The lowest BCUT2D eigenvalue weighted by Gasteiger charge is -2.40. The van der Waals surface area contributed by atoms with Crippen LogP contribution >= 0.6 is 0 Å². The number of fused-ring (bicyclic) bond motifs is 9. The Bertz CT molecular complexity index is 3530. The zero-order valence-electron chi connectivity index (χ0n) is 36.7. The minimum absolute atomic E-state index is 0.682. The van der Waals surface area contributed by atoms with E-state index in [0.717, 1.165) is 95.7 Å². The fraction of sp³-hybridized carbons (Fsp3) is 0.0161. The smallest absolute Gasteiger partial charge is 0.160 e. The molecule has 0 atom stereocenters. The molecule has 0 amide bonds. The van der Waals surface area contributed by atoms with E-state index in [0.29, 0.717) is 5.82 Å². The SMILES string of the molecule is c1ccc(-c2cc(-c3ccc(-c4cccc5c4Oc4c(-c6cc(-c7ccccn7)nc(-c7ccccn7)c6)cccc4C54c5ccccc5-c5ccccc54)cc3)nc(-c3ccccc3)n2)cc1. The Morgan fingerprint density at radius 1 is 0.279 bits per heavy atom. The van der Waals surface area contributed by atoms with E-state index in [9.17, 15) is 0 Å². The molecule has 4 aromatic heterocycles. The van der Waals surface area contributed by atoms with Crippen LogP contribution in [0.4, 0.5) is 0 Å². The summed E-state index contributed by atoms with van der Waals surface area (Å²) in [5.74, 6) is 2.29. The quantitative estimate of drug-likeness (QED) is 0.159. The third-order valence-electron chi connectivity index (χ3n) is 13.3. The van der Waals surface area contributed by atoms with Gasteiger partial charge in [-0.2, -0.15) is 0 Å². The van der Waals surface area contributed by atoms with Gasteiger partial charge in [0.25, 0.3) is 0 Å². The molecule has 11 aromatic rings. The van der Waals surface area contributed by atoms with Crippen LogP contribution in [0.15, 0.2) is 237 Å². The van der Waals surface area contributed by atoms with Crippen LogP contribution in [0, 0.1) is 0 Å². The van der Waals surface area contributed by atoms with Crippen LogP contribution in [-0.2, 0) is 5.41 Å². The summed E-state index contributed by atoms with van der Waals surface area (Å²) in [6.07, 6.45) is 3.61. The first-order valence-electron chi connectivity index (χ1n) is 22.8. The summed E-state index contributed by atoms with van der Waals surface area (Å²) < 4.78 is 7.53. The maximum atomic E-state index is 7.53. The first kappa shape index (κ1) is 39.3. The van der Waals surface area contributed by atoms with Crippen LogP contribution in [0.1, 0.15) is 22.3 Å². The molecule has 1 spiro atoms. The minimum Gasteiger partial charge on any atom is -0.455 e. The molecule has 0 fully saturated rings. The van der Waals surface area contributed by atoms with Crippen molar-refractivity contribution < 1.29 is 4.74 Å². The van der Waals surface area contributed by atoms with Gasteiger partial charge in [0.15, 0.2) is 5.82 Å². The van der Waals surface area contributed by atoms with Gasteiger partial charge >= 0.3 is 0 Å². The maximum Gasteiger partial charge on any atom is 0.160 e. The van der Waals surface area contributed by atoms with E-state index < -0.39 is 5.41 Å². The van der Waals surface area contributed by atoms with Crippen LogP contribution < -0.4 is 4.74 Å². The summed E-state index contributed by atoms with van der Waals surface area (Å²) in [5, 5.41) is 0. The molecule has 5 heterocycles. The standard InChI is InChI=1S/C62H39N5O/c1-3-17-41(18-4-1)55-39-56(67-61(66-55)43-19-5-2-6-20-43)42-33-31-40(32-34-42)45-23-15-27-51-59(45)68-60-46(44-37-57(53-29-11-13-35-63-53)65-58(38-44)54-30-12-14-36-64-54)24-16-28-52(60)62(51)49-25-9-7-21-47(49)48-22-8-10-26-50(48)62/h1-39H. The maximum absolute atomic E-state index is 7.53. The lowest BCUT2D eigenvalue weighted by molar-refractivity contribution is 0.440. The van der Waals surface area contributed by atoms with Crippen LogP contribution in [-0.4, -0.2) is 24.9 Å². The number of rotatable bonds is 7. The first-order valence-corrected chi connectivity index (χ1v) is 22.8. The van der Waals surface area contributed by atoms with Crippen molar-refractivity contribution in [3.8, 4) is 102 Å². The highest BCUT2D eigenvalue weighted by Crippen LogP contribution is 2.64. The van der Waals surface area contributed by atoms with E-state index in [4.69, 9.17) is 29.7 Å².